The highest BCUT2D eigenvalue weighted by Gasteiger charge is 2.27. The number of primary amides is 1. The van der Waals surface area contributed by atoms with Crippen molar-refractivity contribution >= 4 is 28.5 Å². The monoisotopic (exact) mass is 319 g/mol. The topological polar surface area (TPSA) is 114 Å². The molecule has 1 heterocycles. The van der Waals surface area contributed by atoms with Crippen molar-refractivity contribution in [2.75, 3.05) is 11.9 Å². The van der Waals surface area contributed by atoms with E-state index >= 15 is 0 Å². The molecule has 1 amide bonds. The number of anilines is 1. The number of pyridine rings is 1. The summed E-state index contributed by atoms with van der Waals surface area (Å²) in [6.45, 7) is -0.247. The van der Waals surface area contributed by atoms with Gasteiger partial charge in [0.1, 0.15) is 11.4 Å². The molecule has 1 aliphatic rings. The van der Waals surface area contributed by atoms with Gasteiger partial charge in [-0.3, -0.25) is 9.59 Å². The molecule has 0 spiro atoms. The predicted molar refractivity (Wildman–Crippen MR) is 81.1 cm³/mol. The Morgan fingerprint density at radius 2 is 2.09 bits per heavy atom. The molecule has 0 saturated heterocycles. The third kappa shape index (κ3) is 2.75. The predicted octanol–water partition coefficient (Wildman–Crippen LogP) is 1.07. The molecule has 0 bridgehead atoms. The van der Waals surface area contributed by atoms with Crippen LogP contribution in [0, 0.1) is 5.82 Å². The van der Waals surface area contributed by atoms with Crippen LogP contribution in [0.2, 0.25) is 0 Å². The number of carbonyl (C=O) groups excluding carboxylic acids is 1. The maximum absolute atomic E-state index is 14.1. The largest absolute Gasteiger partial charge is 0.477 e. The van der Waals surface area contributed by atoms with Crippen molar-refractivity contribution in [3.8, 4) is 0 Å². The van der Waals surface area contributed by atoms with E-state index in [2.05, 4.69) is 5.32 Å². The molecule has 0 aliphatic heterocycles. The minimum Gasteiger partial charge on any atom is -0.477 e. The quantitative estimate of drug-likeness (QED) is 0.762. The van der Waals surface area contributed by atoms with Gasteiger partial charge < -0.3 is 20.7 Å². The highest BCUT2D eigenvalue weighted by atomic mass is 19.1. The molecule has 3 rings (SSSR count). The van der Waals surface area contributed by atoms with Crippen molar-refractivity contribution in [1.82, 2.24) is 4.57 Å². The smallest absolute Gasteiger partial charge is 0.341 e. The van der Waals surface area contributed by atoms with Crippen LogP contribution in [0.25, 0.3) is 10.9 Å². The summed E-state index contributed by atoms with van der Waals surface area (Å²) in [6, 6.07) is 2.48. The molecular weight excluding hydrogens is 305 g/mol. The van der Waals surface area contributed by atoms with E-state index in [-0.39, 0.29) is 29.2 Å². The Bertz CT molecular complexity index is 886. The number of hydrogen-bond donors (Lipinski definition) is 3. The van der Waals surface area contributed by atoms with Crippen molar-refractivity contribution in [1.29, 1.82) is 0 Å². The number of nitrogens with two attached hydrogens (primary N) is 1. The number of rotatable bonds is 5. The van der Waals surface area contributed by atoms with Crippen molar-refractivity contribution < 1.29 is 19.1 Å². The zero-order valence-corrected chi connectivity index (χ0v) is 12.0. The lowest BCUT2D eigenvalue weighted by molar-refractivity contribution is -0.116. The first kappa shape index (κ1) is 15.0. The fourth-order valence-corrected chi connectivity index (χ4v) is 2.49. The molecule has 1 saturated carbocycles. The Balaban J connectivity index is 2.23. The number of hydrogen-bond acceptors (Lipinski definition) is 4. The Labute approximate surface area is 129 Å². The summed E-state index contributed by atoms with van der Waals surface area (Å²) in [5.41, 5.74) is 4.37. The summed E-state index contributed by atoms with van der Waals surface area (Å²) >= 11 is 0. The molecule has 8 heteroatoms. The number of nitrogens with zero attached hydrogens (tertiary/aromatic N) is 1. The van der Waals surface area contributed by atoms with E-state index in [1.807, 2.05) is 0 Å². The molecule has 0 radical (unpaired) electrons. The Morgan fingerprint density at radius 1 is 1.39 bits per heavy atom. The zero-order chi connectivity index (χ0) is 16.7. The first-order valence-electron chi connectivity index (χ1n) is 7.02. The number of carboxylic acids is 1. The summed E-state index contributed by atoms with van der Waals surface area (Å²) in [5.74, 6) is -2.74. The first-order valence-corrected chi connectivity index (χ1v) is 7.02. The normalized spacial score (nSPS) is 14.0. The second kappa shape index (κ2) is 5.38. The van der Waals surface area contributed by atoms with Crippen LogP contribution in [0.3, 0.4) is 0 Å². The van der Waals surface area contributed by atoms with Crippen molar-refractivity contribution in [3.63, 3.8) is 0 Å². The van der Waals surface area contributed by atoms with E-state index in [1.165, 1.54) is 12.3 Å². The molecule has 1 aliphatic carbocycles. The van der Waals surface area contributed by atoms with Crippen LogP contribution in [0.5, 0.6) is 0 Å². The molecule has 4 N–H and O–H groups in total. The van der Waals surface area contributed by atoms with Gasteiger partial charge in [0.05, 0.1) is 17.7 Å². The van der Waals surface area contributed by atoms with E-state index in [9.17, 15) is 18.8 Å². The van der Waals surface area contributed by atoms with Crippen LogP contribution in [0.15, 0.2) is 23.1 Å². The summed E-state index contributed by atoms with van der Waals surface area (Å²) in [5, 5.41) is 11.7. The summed E-state index contributed by atoms with van der Waals surface area (Å²) < 4.78 is 15.8. The molecule has 0 atom stereocenters. The van der Waals surface area contributed by atoms with Crippen LogP contribution in [-0.2, 0) is 4.79 Å². The van der Waals surface area contributed by atoms with Crippen LogP contribution in [0.1, 0.15) is 29.2 Å². The minimum absolute atomic E-state index is 0.000995. The maximum atomic E-state index is 14.1. The number of nitrogens with one attached hydrogen (secondary N) is 1. The maximum Gasteiger partial charge on any atom is 0.341 e. The van der Waals surface area contributed by atoms with Gasteiger partial charge in [0.25, 0.3) is 0 Å². The molecule has 7 nitrogen and oxygen atoms in total. The zero-order valence-electron chi connectivity index (χ0n) is 12.0. The number of aromatic carboxylic acids is 1. The fourth-order valence-electron chi connectivity index (χ4n) is 2.49. The number of aromatic nitrogens is 1. The van der Waals surface area contributed by atoms with E-state index in [1.54, 1.807) is 4.57 Å². The van der Waals surface area contributed by atoms with Gasteiger partial charge in [0, 0.05) is 17.6 Å². The van der Waals surface area contributed by atoms with Crippen molar-refractivity contribution in [2.45, 2.75) is 18.9 Å². The van der Waals surface area contributed by atoms with E-state index < -0.39 is 23.1 Å². The Morgan fingerprint density at radius 3 is 2.65 bits per heavy atom. The van der Waals surface area contributed by atoms with Crippen LogP contribution in [-0.4, -0.2) is 28.1 Å². The summed E-state index contributed by atoms with van der Waals surface area (Å²) in [7, 11) is 0. The lowest BCUT2D eigenvalue weighted by atomic mass is 10.1. The number of carbonyl (C=O) groups is 2. The molecule has 1 aromatic carbocycles. The second-order valence-electron chi connectivity index (χ2n) is 5.48. The standard InChI is InChI=1S/C15H14FN3O4/c16-10-3-8-12(4-11(10)18-5-13(17)20)19(7-1-2-7)6-9(14(8)21)15(22)23/h3-4,6-7,18H,1-2,5H2,(H2,17,20)(H,22,23). The number of amides is 1. The lowest BCUT2D eigenvalue weighted by Crippen LogP contribution is -2.23. The van der Waals surface area contributed by atoms with E-state index in [0.29, 0.717) is 5.52 Å². The molecular formula is C15H14FN3O4. The Hall–Kier alpha value is -2.90. The van der Waals surface area contributed by atoms with Gasteiger partial charge in [0.2, 0.25) is 11.3 Å². The SMILES string of the molecule is NC(=O)CNc1cc2c(cc1F)c(=O)c(C(=O)O)cn2C1CC1. The average molecular weight is 319 g/mol. The van der Waals surface area contributed by atoms with Crippen molar-refractivity contribution in [3.05, 3.63) is 39.9 Å². The van der Waals surface area contributed by atoms with E-state index in [0.717, 1.165) is 18.9 Å². The van der Waals surface area contributed by atoms with Gasteiger partial charge in [-0.15, -0.1) is 0 Å². The summed E-state index contributed by atoms with van der Waals surface area (Å²) in [4.78, 5) is 34.3. The van der Waals surface area contributed by atoms with Gasteiger partial charge in [-0.2, -0.15) is 0 Å². The highest BCUT2D eigenvalue weighted by Crippen LogP contribution is 2.37. The second-order valence-corrected chi connectivity index (χ2v) is 5.48. The molecule has 2 aromatic rings. The fraction of sp³-hybridized carbons (Fsp3) is 0.267. The molecule has 1 aromatic heterocycles. The minimum atomic E-state index is -1.34. The van der Waals surface area contributed by atoms with E-state index in [4.69, 9.17) is 10.8 Å². The number of halogens is 1. The third-order valence-electron chi connectivity index (χ3n) is 3.74. The van der Waals surface area contributed by atoms with Crippen molar-refractivity contribution in [2.24, 2.45) is 5.73 Å². The number of carboxylic acid groups (broad SMARTS) is 1. The average Bonchev–Trinajstić information content (AvgIpc) is 3.30. The molecule has 1 fully saturated rings. The van der Waals surface area contributed by atoms with Gasteiger partial charge in [-0.25, -0.2) is 9.18 Å². The number of benzene rings is 1. The molecule has 0 unspecified atom stereocenters. The Kier molecular flexibility index (Phi) is 3.51. The molecule has 120 valence electrons. The molecule has 23 heavy (non-hydrogen) atoms. The van der Waals surface area contributed by atoms with Gasteiger partial charge in [-0.1, -0.05) is 0 Å². The van der Waals surface area contributed by atoms with Gasteiger partial charge in [-0.05, 0) is 25.0 Å². The third-order valence-corrected chi connectivity index (χ3v) is 3.74. The van der Waals surface area contributed by atoms with Crippen LogP contribution in [0.4, 0.5) is 10.1 Å². The van der Waals surface area contributed by atoms with Gasteiger partial charge >= 0.3 is 5.97 Å². The van der Waals surface area contributed by atoms with Crippen LogP contribution < -0.4 is 16.5 Å². The highest BCUT2D eigenvalue weighted by molar-refractivity contribution is 5.93. The first-order chi connectivity index (χ1) is 10.9. The lowest BCUT2D eigenvalue weighted by Gasteiger charge is -2.14. The number of fused-ring (bicyclic) bond motifs is 1. The van der Waals surface area contributed by atoms with Gasteiger partial charge in [0.15, 0.2) is 0 Å². The summed E-state index contributed by atoms with van der Waals surface area (Å²) in [6.07, 6.45) is 3.01. The van der Waals surface area contributed by atoms with Crippen LogP contribution >= 0.6 is 0 Å².